The van der Waals surface area contributed by atoms with Crippen molar-refractivity contribution in [1.29, 1.82) is 0 Å². The van der Waals surface area contributed by atoms with Crippen LogP contribution in [0.5, 0.6) is 0 Å². The molecular formula is C11H20N4O. The second-order valence-electron chi connectivity index (χ2n) is 4.20. The van der Waals surface area contributed by atoms with Gasteiger partial charge in [0.1, 0.15) is 5.69 Å². The summed E-state index contributed by atoms with van der Waals surface area (Å²) in [6.07, 6.45) is 4.25. The summed E-state index contributed by atoms with van der Waals surface area (Å²) in [4.78, 5) is 5.61. The summed E-state index contributed by atoms with van der Waals surface area (Å²) in [6, 6.07) is 0. The molecule has 90 valence electrons. The third-order valence-corrected chi connectivity index (χ3v) is 2.85. The molecule has 0 aromatic carbocycles. The molecule has 0 aliphatic carbocycles. The van der Waals surface area contributed by atoms with Crippen molar-refractivity contribution in [2.24, 2.45) is 7.05 Å². The van der Waals surface area contributed by atoms with E-state index >= 15 is 0 Å². The molecule has 2 heterocycles. The van der Waals surface area contributed by atoms with Gasteiger partial charge >= 0.3 is 0 Å². The van der Waals surface area contributed by atoms with Gasteiger partial charge < -0.3 is 5.73 Å². The lowest BCUT2D eigenvalue weighted by molar-refractivity contribution is 0.0749. The largest absolute Gasteiger partial charge is 0.394 e. The highest BCUT2D eigenvalue weighted by Gasteiger charge is 2.21. The van der Waals surface area contributed by atoms with Gasteiger partial charge in [0, 0.05) is 13.6 Å². The van der Waals surface area contributed by atoms with Crippen LogP contribution < -0.4 is 10.8 Å². The molecule has 16 heavy (non-hydrogen) atoms. The van der Waals surface area contributed by atoms with Gasteiger partial charge in [-0.3, -0.25) is 4.84 Å². The van der Waals surface area contributed by atoms with Crippen LogP contribution in [0.2, 0.25) is 0 Å². The minimum Gasteiger partial charge on any atom is -0.394 e. The summed E-state index contributed by atoms with van der Waals surface area (Å²) in [7, 11) is 1.92. The molecule has 1 aliphatic heterocycles. The van der Waals surface area contributed by atoms with E-state index in [4.69, 9.17) is 10.6 Å². The Hall–Kier alpha value is -1.23. The molecule has 1 aliphatic rings. The molecule has 2 N–H and O–H groups in total. The molecular weight excluding hydrogens is 204 g/mol. The number of rotatable bonds is 3. The van der Waals surface area contributed by atoms with E-state index in [1.54, 1.807) is 0 Å². The predicted octanol–water partition coefficient (Wildman–Crippen LogP) is 1.49. The summed E-state index contributed by atoms with van der Waals surface area (Å²) < 4.78 is 1.83. The average Bonchev–Trinajstić information content (AvgIpc) is 2.56. The zero-order chi connectivity index (χ0) is 11.5. The molecule has 0 radical (unpaired) electrons. The fourth-order valence-corrected chi connectivity index (χ4v) is 2.07. The number of nitrogens with two attached hydrogens (primary N) is 1. The second kappa shape index (κ2) is 4.74. The number of anilines is 2. The van der Waals surface area contributed by atoms with Crippen LogP contribution in [0.4, 0.5) is 11.5 Å². The number of aromatic nitrogens is 2. The van der Waals surface area contributed by atoms with Crippen LogP contribution in [0.15, 0.2) is 0 Å². The molecule has 1 aromatic rings. The third kappa shape index (κ3) is 2.00. The molecule has 0 spiro atoms. The Morgan fingerprint density at radius 1 is 1.44 bits per heavy atom. The smallest absolute Gasteiger partial charge is 0.174 e. The first-order valence-corrected chi connectivity index (χ1v) is 5.95. The predicted molar refractivity (Wildman–Crippen MR) is 64.1 cm³/mol. The molecule has 1 aromatic heterocycles. The van der Waals surface area contributed by atoms with E-state index < -0.39 is 0 Å². The van der Waals surface area contributed by atoms with E-state index in [9.17, 15) is 0 Å². The normalized spacial score (nSPS) is 16.8. The highest BCUT2D eigenvalue weighted by atomic mass is 16.7. The Balaban J connectivity index is 2.24. The maximum Gasteiger partial charge on any atom is 0.174 e. The van der Waals surface area contributed by atoms with Gasteiger partial charge in [0.15, 0.2) is 5.82 Å². The zero-order valence-corrected chi connectivity index (χ0v) is 10.1. The molecule has 0 atom stereocenters. The van der Waals surface area contributed by atoms with Gasteiger partial charge in [-0.15, -0.1) is 0 Å². The first-order chi connectivity index (χ1) is 7.74. The number of nitrogen functional groups attached to an aromatic ring is 1. The molecule has 1 saturated heterocycles. The Kier molecular flexibility index (Phi) is 3.33. The maximum absolute atomic E-state index is 6.12. The van der Waals surface area contributed by atoms with E-state index in [-0.39, 0.29) is 0 Å². The van der Waals surface area contributed by atoms with Crippen LogP contribution >= 0.6 is 0 Å². The van der Waals surface area contributed by atoms with Crippen molar-refractivity contribution in [2.45, 2.75) is 32.6 Å². The van der Waals surface area contributed by atoms with Crippen molar-refractivity contribution in [1.82, 2.24) is 9.78 Å². The van der Waals surface area contributed by atoms with Crippen molar-refractivity contribution in [3.05, 3.63) is 5.69 Å². The number of nitrogens with zero attached hydrogens (tertiary/aromatic N) is 3. The van der Waals surface area contributed by atoms with E-state index in [2.05, 4.69) is 12.0 Å². The van der Waals surface area contributed by atoms with Crippen molar-refractivity contribution >= 4 is 11.5 Å². The Morgan fingerprint density at radius 3 is 2.88 bits per heavy atom. The van der Waals surface area contributed by atoms with Crippen LogP contribution in [0.25, 0.3) is 0 Å². The van der Waals surface area contributed by atoms with Crippen LogP contribution in [-0.4, -0.2) is 22.9 Å². The summed E-state index contributed by atoms with van der Waals surface area (Å²) >= 11 is 0. The topological polar surface area (TPSA) is 56.3 Å². The molecule has 0 unspecified atom stereocenters. The maximum atomic E-state index is 6.12. The van der Waals surface area contributed by atoms with Gasteiger partial charge in [0.05, 0.1) is 12.3 Å². The van der Waals surface area contributed by atoms with Crippen molar-refractivity contribution in [2.75, 3.05) is 23.9 Å². The van der Waals surface area contributed by atoms with Gasteiger partial charge in [-0.1, -0.05) is 13.3 Å². The molecule has 5 nitrogen and oxygen atoms in total. The number of hydrogen-bond donors (Lipinski definition) is 1. The lowest BCUT2D eigenvalue weighted by Gasteiger charge is -2.27. The van der Waals surface area contributed by atoms with E-state index in [1.807, 2.05) is 16.8 Å². The van der Waals surface area contributed by atoms with Crippen LogP contribution in [0.3, 0.4) is 0 Å². The highest BCUT2D eigenvalue weighted by molar-refractivity contribution is 5.65. The lowest BCUT2D eigenvalue weighted by atomic mass is 10.2. The van der Waals surface area contributed by atoms with Crippen LogP contribution in [-0.2, 0) is 18.3 Å². The van der Waals surface area contributed by atoms with Crippen molar-refractivity contribution in [3.8, 4) is 0 Å². The standard InChI is InChI=1S/C11H20N4O/c1-3-6-9-10(12)11(14(2)13-9)15-7-4-5-8-16-15/h3-8,12H2,1-2H3. The second-order valence-corrected chi connectivity index (χ2v) is 4.20. The van der Waals surface area contributed by atoms with Crippen LogP contribution in [0, 0.1) is 0 Å². The van der Waals surface area contributed by atoms with Gasteiger partial charge in [0.2, 0.25) is 0 Å². The van der Waals surface area contributed by atoms with Crippen molar-refractivity contribution < 1.29 is 4.84 Å². The van der Waals surface area contributed by atoms with Gasteiger partial charge in [-0.05, 0) is 19.3 Å². The monoisotopic (exact) mass is 224 g/mol. The fourth-order valence-electron chi connectivity index (χ4n) is 2.07. The minimum atomic E-state index is 0.770. The molecule has 2 rings (SSSR count). The zero-order valence-electron chi connectivity index (χ0n) is 10.1. The number of hydrogen-bond acceptors (Lipinski definition) is 4. The van der Waals surface area contributed by atoms with Gasteiger partial charge in [0.25, 0.3) is 0 Å². The van der Waals surface area contributed by atoms with Gasteiger partial charge in [-0.2, -0.15) is 5.10 Å². The molecule has 0 amide bonds. The Morgan fingerprint density at radius 2 is 2.25 bits per heavy atom. The SMILES string of the molecule is CCCc1nn(C)c(N2CCCCO2)c1N. The van der Waals surface area contributed by atoms with Gasteiger partial charge in [-0.25, -0.2) is 9.75 Å². The third-order valence-electron chi connectivity index (χ3n) is 2.85. The van der Waals surface area contributed by atoms with Crippen LogP contribution in [0.1, 0.15) is 31.9 Å². The van der Waals surface area contributed by atoms with E-state index in [0.717, 1.165) is 56.0 Å². The fraction of sp³-hybridized carbons (Fsp3) is 0.727. The molecule has 0 bridgehead atoms. The summed E-state index contributed by atoms with van der Waals surface area (Å²) in [5, 5.41) is 6.33. The summed E-state index contributed by atoms with van der Waals surface area (Å²) in [5.74, 6) is 0.906. The van der Waals surface area contributed by atoms with E-state index in [1.165, 1.54) is 0 Å². The number of hydroxylamine groups is 1. The summed E-state index contributed by atoms with van der Waals surface area (Å²) in [6.45, 7) is 3.80. The first kappa shape index (κ1) is 11.3. The van der Waals surface area contributed by atoms with Crippen molar-refractivity contribution in [3.63, 3.8) is 0 Å². The van der Waals surface area contributed by atoms with E-state index in [0.29, 0.717) is 0 Å². The highest BCUT2D eigenvalue weighted by Crippen LogP contribution is 2.28. The average molecular weight is 224 g/mol. The summed E-state index contributed by atoms with van der Waals surface area (Å²) in [5.41, 5.74) is 7.87. The first-order valence-electron chi connectivity index (χ1n) is 5.95. The minimum absolute atomic E-state index is 0.770. The quantitative estimate of drug-likeness (QED) is 0.845. The lowest BCUT2D eigenvalue weighted by Crippen LogP contribution is -2.31. The molecule has 0 saturated carbocycles. The Labute approximate surface area is 96.1 Å². The number of aryl methyl sites for hydroxylation is 2. The molecule has 1 fully saturated rings. The molecule has 5 heteroatoms. The Bertz CT molecular complexity index is 355.